The maximum Gasteiger partial charge on any atom is 0.240 e. The highest BCUT2D eigenvalue weighted by Gasteiger charge is 2.26. The molecule has 0 heterocycles. The molecule has 3 rings (SSSR count). The van der Waals surface area contributed by atoms with Crippen molar-refractivity contribution < 1.29 is 8.42 Å². The minimum Gasteiger partial charge on any atom is -0.327 e. The smallest absolute Gasteiger partial charge is 0.240 e. The first-order chi connectivity index (χ1) is 9.56. The Kier molecular flexibility index (Phi) is 3.84. The summed E-state index contributed by atoms with van der Waals surface area (Å²) in [6, 6.07) is 5.65. The van der Waals surface area contributed by atoms with Gasteiger partial charge < -0.3 is 5.73 Å². The number of nitrogens with two attached hydrogens (primary N) is 1. The summed E-state index contributed by atoms with van der Waals surface area (Å²) in [5.41, 5.74) is 8.46. The molecule has 1 saturated carbocycles. The molecule has 4 nitrogen and oxygen atoms in total. The predicted molar refractivity (Wildman–Crippen MR) is 79.0 cm³/mol. The number of benzene rings is 1. The van der Waals surface area contributed by atoms with Gasteiger partial charge in [0.25, 0.3) is 0 Å². The van der Waals surface area contributed by atoms with E-state index in [9.17, 15) is 8.42 Å². The van der Waals surface area contributed by atoms with Gasteiger partial charge in [-0.05, 0) is 61.3 Å². The monoisotopic (exact) mass is 294 g/mol. The van der Waals surface area contributed by atoms with Crippen molar-refractivity contribution in [3.05, 3.63) is 29.3 Å². The molecule has 0 aromatic heterocycles. The molecule has 110 valence electrons. The molecular weight excluding hydrogens is 272 g/mol. The van der Waals surface area contributed by atoms with Crippen LogP contribution in [0, 0.1) is 5.92 Å². The number of sulfonamides is 1. The summed E-state index contributed by atoms with van der Waals surface area (Å²) in [6.45, 7) is 0.459. The van der Waals surface area contributed by atoms with Gasteiger partial charge in [0.05, 0.1) is 4.90 Å². The van der Waals surface area contributed by atoms with E-state index >= 15 is 0 Å². The van der Waals surface area contributed by atoms with Crippen LogP contribution >= 0.6 is 0 Å². The van der Waals surface area contributed by atoms with Crippen molar-refractivity contribution in [3.8, 4) is 0 Å². The van der Waals surface area contributed by atoms with Gasteiger partial charge in [0.2, 0.25) is 10.0 Å². The standard InChI is InChI=1S/C15H22N2O2S/c16-15-6-2-5-13(15)10-17-20(18,19)14-8-7-11-3-1-4-12(11)9-14/h7-9,13,15,17H,1-6,10,16H2. The average Bonchev–Trinajstić information content (AvgIpc) is 3.04. The summed E-state index contributed by atoms with van der Waals surface area (Å²) in [5, 5.41) is 0. The number of nitrogens with one attached hydrogen (secondary N) is 1. The Labute approximate surface area is 120 Å². The average molecular weight is 294 g/mol. The van der Waals surface area contributed by atoms with Crippen molar-refractivity contribution in [2.45, 2.75) is 49.5 Å². The highest BCUT2D eigenvalue weighted by Crippen LogP contribution is 2.26. The van der Waals surface area contributed by atoms with Crippen LogP contribution in [0.15, 0.2) is 23.1 Å². The van der Waals surface area contributed by atoms with Crippen molar-refractivity contribution in [3.63, 3.8) is 0 Å². The Hall–Kier alpha value is -0.910. The fourth-order valence-corrected chi connectivity index (χ4v) is 4.48. The van der Waals surface area contributed by atoms with E-state index < -0.39 is 10.0 Å². The van der Waals surface area contributed by atoms with E-state index in [1.807, 2.05) is 12.1 Å². The minimum atomic E-state index is -3.40. The number of aryl methyl sites for hydroxylation is 2. The molecule has 2 unspecified atom stereocenters. The Balaban J connectivity index is 1.71. The van der Waals surface area contributed by atoms with E-state index in [1.54, 1.807) is 6.07 Å². The van der Waals surface area contributed by atoms with E-state index in [0.717, 1.165) is 38.5 Å². The van der Waals surface area contributed by atoms with Crippen LogP contribution in [0.3, 0.4) is 0 Å². The molecule has 2 aliphatic rings. The van der Waals surface area contributed by atoms with Crippen LogP contribution in [0.25, 0.3) is 0 Å². The van der Waals surface area contributed by atoms with Crippen molar-refractivity contribution in [1.82, 2.24) is 4.72 Å². The summed E-state index contributed by atoms with van der Waals surface area (Å²) in [6.07, 6.45) is 6.32. The van der Waals surface area contributed by atoms with Gasteiger partial charge in [-0.1, -0.05) is 12.5 Å². The lowest BCUT2D eigenvalue weighted by atomic mass is 10.1. The van der Waals surface area contributed by atoms with Gasteiger partial charge in [-0.2, -0.15) is 0 Å². The zero-order chi connectivity index (χ0) is 14.2. The number of fused-ring (bicyclic) bond motifs is 1. The summed E-state index contributed by atoms with van der Waals surface area (Å²) in [4.78, 5) is 0.393. The lowest BCUT2D eigenvalue weighted by Gasteiger charge is -2.16. The Morgan fingerprint density at radius 3 is 2.70 bits per heavy atom. The largest absolute Gasteiger partial charge is 0.327 e. The van der Waals surface area contributed by atoms with Crippen LogP contribution in [0.1, 0.15) is 36.8 Å². The summed E-state index contributed by atoms with van der Waals surface area (Å²) in [7, 11) is -3.40. The normalized spacial score (nSPS) is 25.9. The van der Waals surface area contributed by atoms with Crippen LogP contribution in [0.5, 0.6) is 0 Å². The lowest BCUT2D eigenvalue weighted by Crippen LogP contribution is -2.36. The van der Waals surface area contributed by atoms with Gasteiger partial charge in [0.1, 0.15) is 0 Å². The predicted octanol–water partition coefficient (Wildman–Crippen LogP) is 1.58. The van der Waals surface area contributed by atoms with Gasteiger partial charge in [0.15, 0.2) is 0 Å². The highest BCUT2D eigenvalue weighted by atomic mass is 32.2. The minimum absolute atomic E-state index is 0.137. The SMILES string of the molecule is NC1CCCC1CNS(=O)(=O)c1ccc2c(c1)CCC2. The summed E-state index contributed by atoms with van der Waals surface area (Å²) in [5.74, 6) is 0.277. The van der Waals surface area contributed by atoms with Crippen LogP contribution in [-0.4, -0.2) is 21.0 Å². The topological polar surface area (TPSA) is 72.2 Å². The van der Waals surface area contributed by atoms with E-state index in [0.29, 0.717) is 11.4 Å². The van der Waals surface area contributed by atoms with Crippen LogP contribution in [-0.2, 0) is 22.9 Å². The molecule has 0 amide bonds. The molecule has 5 heteroatoms. The second kappa shape index (κ2) is 5.47. The zero-order valence-electron chi connectivity index (χ0n) is 11.6. The van der Waals surface area contributed by atoms with Gasteiger partial charge in [0, 0.05) is 12.6 Å². The molecule has 1 fully saturated rings. The first-order valence-electron chi connectivity index (χ1n) is 7.43. The van der Waals surface area contributed by atoms with E-state index in [1.165, 1.54) is 11.1 Å². The fourth-order valence-electron chi connectivity index (χ4n) is 3.33. The number of hydrogen-bond donors (Lipinski definition) is 2. The number of hydrogen-bond acceptors (Lipinski definition) is 3. The molecule has 20 heavy (non-hydrogen) atoms. The second-order valence-electron chi connectivity index (χ2n) is 5.99. The maximum atomic E-state index is 12.3. The van der Waals surface area contributed by atoms with Gasteiger partial charge in [-0.3, -0.25) is 0 Å². The molecular formula is C15H22N2O2S. The molecule has 1 aromatic carbocycles. The first kappa shape index (κ1) is 14.0. The van der Waals surface area contributed by atoms with E-state index in [2.05, 4.69) is 4.72 Å². The Morgan fingerprint density at radius 2 is 1.95 bits per heavy atom. The quantitative estimate of drug-likeness (QED) is 0.885. The molecule has 0 bridgehead atoms. The molecule has 1 aromatic rings. The van der Waals surface area contributed by atoms with Crippen molar-refractivity contribution in [2.75, 3.05) is 6.54 Å². The molecule has 0 aliphatic heterocycles. The Morgan fingerprint density at radius 1 is 1.15 bits per heavy atom. The van der Waals surface area contributed by atoms with Crippen molar-refractivity contribution >= 4 is 10.0 Å². The van der Waals surface area contributed by atoms with Crippen LogP contribution in [0.4, 0.5) is 0 Å². The molecule has 0 radical (unpaired) electrons. The lowest BCUT2D eigenvalue weighted by molar-refractivity contribution is 0.469. The van der Waals surface area contributed by atoms with Crippen molar-refractivity contribution in [2.24, 2.45) is 11.7 Å². The van der Waals surface area contributed by atoms with Crippen LogP contribution < -0.4 is 10.5 Å². The molecule has 2 atom stereocenters. The molecule has 3 N–H and O–H groups in total. The van der Waals surface area contributed by atoms with Crippen LogP contribution in [0.2, 0.25) is 0 Å². The third-order valence-corrected chi connectivity index (χ3v) is 6.05. The van der Waals surface area contributed by atoms with E-state index in [-0.39, 0.29) is 12.0 Å². The summed E-state index contributed by atoms with van der Waals surface area (Å²) >= 11 is 0. The third kappa shape index (κ3) is 2.75. The molecule has 0 spiro atoms. The van der Waals surface area contributed by atoms with Gasteiger partial charge >= 0.3 is 0 Å². The third-order valence-electron chi connectivity index (χ3n) is 4.63. The first-order valence-corrected chi connectivity index (χ1v) is 8.91. The highest BCUT2D eigenvalue weighted by molar-refractivity contribution is 7.89. The molecule has 2 aliphatic carbocycles. The number of rotatable bonds is 4. The zero-order valence-corrected chi connectivity index (χ0v) is 12.5. The molecule has 0 saturated heterocycles. The second-order valence-corrected chi connectivity index (χ2v) is 7.76. The Bertz CT molecular complexity index is 598. The fraction of sp³-hybridized carbons (Fsp3) is 0.600. The van der Waals surface area contributed by atoms with Crippen molar-refractivity contribution in [1.29, 1.82) is 0 Å². The van der Waals surface area contributed by atoms with E-state index in [4.69, 9.17) is 5.73 Å². The maximum absolute atomic E-state index is 12.3. The summed E-state index contributed by atoms with van der Waals surface area (Å²) < 4.78 is 27.4. The van der Waals surface area contributed by atoms with Gasteiger partial charge in [-0.25, -0.2) is 13.1 Å². The van der Waals surface area contributed by atoms with Gasteiger partial charge in [-0.15, -0.1) is 0 Å².